The highest BCUT2D eigenvalue weighted by Crippen LogP contribution is 2.16. The molecule has 2 heterocycles. The molecule has 1 aliphatic rings. The molecule has 1 aliphatic heterocycles. The van der Waals surface area contributed by atoms with Crippen LogP contribution in [0.4, 0.5) is 10.2 Å². The van der Waals surface area contributed by atoms with Crippen molar-refractivity contribution in [3.63, 3.8) is 0 Å². The Bertz CT molecular complexity index is 853. The molecule has 0 bridgehead atoms. The minimum Gasteiger partial charge on any atom is -0.489 e. The minimum atomic E-state index is -0.310. The summed E-state index contributed by atoms with van der Waals surface area (Å²) in [6.45, 7) is 10.3. The van der Waals surface area contributed by atoms with Gasteiger partial charge in [-0.05, 0) is 44.5 Å². The number of hydrogen-bond acceptors (Lipinski definition) is 5. The quantitative estimate of drug-likeness (QED) is 0.294. The molecule has 0 aliphatic carbocycles. The standard InChI is InChI=1S/C23H32FN5O2.HI/c1-4-25-23(27-13-17(2)31-21-7-5-6-20(24)12-21)28-15-19-8-9-22(26-14-19)29-10-11-30-18(3)16-29;/h5-9,12,14,17-18H,4,10-11,13,15-16H2,1-3H3,(H2,25,27,28);1H. The molecular weight excluding hydrogens is 524 g/mol. The number of anilines is 1. The molecule has 1 saturated heterocycles. The van der Waals surface area contributed by atoms with Crippen LogP contribution in [0.25, 0.3) is 0 Å². The monoisotopic (exact) mass is 557 g/mol. The zero-order valence-electron chi connectivity index (χ0n) is 18.9. The van der Waals surface area contributed by atoms with Crippen molar-refractivity contribution < 1.29 is 13.9 Å². The molecule has 2 N–H and O–H groups in total. The second kappa shape index (κ2) is 13.4. The normalized spacial score (nSPS) is 17.3. The van der Waals surface area contributed by atoms with Crippen molar-refractivity contribution in [3.05, 3.63) is 54.0 Å². The highest BCUT2D eigenvalue weighted by molar-refractivity contribution is 14.0. The highest BCUT2D eigenvalue weighted by atomic mass is 127. The van der Waals surface area contributed by atoms with Crippen LogP contribution >= 0.6 is 24.0 Å². The zero-order valence-corrected chi connectivity index (χ0v) is 21.2. The number of aromatic nitrogens is 1. The lowest BCUT2D eigenvalue weighted by molar-refractivity contribution is 0.0529. The van der Waals surface area contributed by atoms with Gasteiger partial charge in [-0.3, -0.25) is 0 Å². The predicted molar refractivity (Wildman–Crippen MR) is 137 cm³/mol. The van der Waals surface area contributed by atoms with Crippen LogP contribution in [-0.2, 0) is 11.3 Å². The first kappa shape index (κ1) is 26.1. The summed E-state index contributed by atoms with van der Waals surface area (Å²) in [5, 5.41) is 6.50. The molecule has 0 spiro atoms. The molecule has 1 aromatic heterocycles. The topological polar surface area (TPSA) is 71.0 Å². The van der Waals surface area contributed by atoms with Gasteiger partial charge in [0.1, 0.15) is 23.5 Å². The van der Waals surface area contributed by atoms with Gasteiger partial charge in [0.2, 0.25) is 0 Å². The van der Waals surface area contributed by atoms with E-state index in [1.165, 1.54) is 12.1 Å². The summed E-state index contributed by atoms with van der Waals surface area (Å²) in [4.78, 5) is 11.5. The van der Waals surface area contributed by atoms with Crippen LogP contribution in [-0.4, -0.2) is 55.9 Å². The summed E-state index contributed by atoms with van der Waals surface area (Å²) in [6.07, 6.45) is 1.95. The number of hydrogen-bond donors (Lipinski definition) is 2. The van der Waals surface area contributed by atoms with Gasteiger partial charge >= 0.3 is 0 Å². The van der Waals surface area contributed by atoms with Crippen LogP contribution < -0.4 is 20.3 Å². The smallest absolute Gasteiger partial charge is 0.191 e. The second-order valence-corrected chi connectivity index (χ2v) is 7.61. The van der Waals surface area contributed by atoms with Gasteiger partial charge in [0.05, 0.1) is 25.8 Å². The van der Waals surface area contributed by atoms with Crippen LogP contribution in [0.15, 0.2) is 47.6 Å². The number of aliphatic imine (C=N–C) groups is 1. The fraction of sp³-hybridized carbons (Fsp3) is 0.478. The van der Waals surface area contributed by atoms with E-state index in [1.54, 1.807) is 12.1 Å². The molecule has 3 rings (SSSR count). The molecule has 1 aromatic carbocycles. The molecule has 2 atom stereocenters. The predicted octanol–water partition coefficient (Wildman–Crippen LogP) is 3.59. The number of benzene rings is 1. The molecule has 0 saturated carbocycles. The Morgan fingerprint density at radius 3 is 2.88 bits per heavy atom. The lowest BCUT2D eigenvalue weighted by atomic mass is 10.2. The Hall–Kier alpha value is -2.14. The van der Waals surface area contributed by atoms with Crippen molar-refractivity contribution in [1.29, 1.82) is 0 Å². The summed E-state index contributed by atoms with van der Waals surface area (Å²) in [5.41, 5.74) is 1.03. The minimum absolute atomic E-state index is 0. The summed E-state index contributed by atoms with van der Waals surface area (Å²) in [7, 11) is 0. The number of guanidine groups is 1. The van der Waals surface area contributed by atoms with Crippen LogP contribution in [0.1, 0.15) is 26.3 Å². The lowest BCUT2D eigenvalue weighted by Crippen LogP contribution is -2.41. The molecule has 7 nitrogen and oxygen atoms in total. The Morgan fingerprint density at radius 1 is 1.34 bits per heavy atom. The van der Waals surface area contributed by atoms with Crippen molar-refractivity contribution in [1.82, 2.24) is 15.6 Å². The van der Waals surface area contributed by atoms with Gasteiger partial charge in [0.15, 0.2) is 5.96 Å². The number of nitrogens with one attached hydrogen (secondary N) is 2. The van der Waals surface area contributed by atoms with Gasteiger partial charge in [-0.2, -0.15) is 0 Å². The van der Waals surface area contributed by atoms with E-state index in [4.69, 9.17) is 9.47 Å². The fourth-order valence-corrected chi connectivity index (χ4v) is 3.29. The number of halogens is 2. The van der Waals surface area contributed by atoms with Crippen LogP contribution in [0.5, 0.6) is 5.75 Å². The average Bonchev–Trinajstić information content (AvgIpc) is 2.76. The molecule has 0 amide bonds. The third kappa shape index (κ3) is 8.42. The Kier molecular flexibility index (Phi) is 10.9. The number of morpholine rings is 1. The van der Waals surface area contributed by atoms with Gasteiger partial charge in [-0.15, -0.1) is 24.0 Å². The van der Waals surface area contributed by atoms with Crippen LogP contribution in [0, 0.1) is 5.82 Å². The first-order valence-electron chi connectivity index (χ1n) is 10.8. The van der Waals surface area contributed by atoms with E-state index >= 15 is 0 Å². The first-order valence-corrected chi connectivity index (χ1v) is 10.8. The van der Waals surface area contributed by atoms with Crippen LogP contribution in [0.3, 0.4) is 0 Å². The average molecular weight is 557 g/mol. The Balaban J connectivity index is 0.00000363. The van der Waals surface area contributed by atoms with E-state index in [0.717, 1.165) is 37.6 Å². The third-order valence-corrected chi connectivity index (χ3v) is 4.83. The fourth-order valence-electron chi connectivity index (χ4n) is 3.29. The number of pyridine rings is 1. The molecule has 2 aromatic rings. The largest absolute Gasteiger partial charge is 0.489 e. The van der Waals surface area contributed by atoms with E-state index in [2.05, 4.69) is 38.5 Å². The summed E-state index contributed by atoms with van der Waals surface area (Å²) in [6, 6.07) is 10.3. The van der Waals surface area contributed by atoms with Gasteiger partial charge in [0.25, 0.3) is 0 Å². The van der Waals surface area contributed by atoms with E-state index in [0.29, 0.717) is 24.8 Å². The molecular formula is C23H33FIN5O2. The molecule has 32 heavy (non-hydrogen) atoms. The van der Waals surface area contributed by atoms with Crippen molar-refractivity contribution in [2.75, 3.05) is 37.7 Å². The van der Waals surface area contributed by atoms with E-state index < -0.39 is 0 Å². The molecule has 176 valence electrons. The first-order chi connectivity index (χ1) is 15.0. The van der Waals surface area contributed by atoms with E-state index in [9.17, 15) is 4.39 Å². The van der Waals surface area contributed by atoms with Gasteiger partial charge in [-0.25, -0.2) is 14.4 Å². The van der Waals surface area contributed by atoms with Crippen LogP contribution in [0.2, 0.25) is 0 Å². The Labute approximate surface area is 206 Å². The van der Waals surface area contributed by atoms with E-state index in [-0.39, 0.29) is 42.0 Å². The maximum atomic E-state index is 13.3. The van der Waals surface area contributed by atoms with Gasteiger partial charge < -0.3 is 25.0 Å². The lowest BCUT2D eigenvalue weighted by Gasteiger charge is -2.32. The van der Waals surface area contributed by atoms with Crippen molar-refractivity contribution in [3.8, 4) is 5.75 Å². The SMILES string of the molecule is CCNC(=NCc1ccc(N2CCOC(C)C2)nc1)NCC(C)Oc1cccc(F)c1.I. The maximum absolute atomic E-state index is 13.3. The zero-order chi connectivity index (χ0) is 22.1. The van der Waals surface area contributed by atoms with Crippen molar-refractivity contribution in [2.24, 2.45) is 4.99 Å². The highest BCUT2D eigenvalue weighted by Gasteiger charge is 2.17. The van der Waals surface area contributed by atoms with Crippen molar-refractivity contribution >= 4 is 35.8 Å². The maximum Gasteiger partial charge on any atom is 0.191 e. The van der Waals surface area contributed by atoms with Crippen molar-refractivity contribution in [2.45, 2.75) is 39.5 Å². The number of rotatable bonds is 8. The second-order valence-electron chi connectivity index (χ2n) is 7.61. The van der Waals surface area contributed by atoms with Gasteiger partial charge in [0, 0.05) is 31.9 Å². The molecule has 9 heteroatoms. The van der Waals surface area contributed by atoms with Gasteiger partial charge in [-0.1, -0.05) is 12.1 Å². The number of ether oxygens (including phenoxy) is 2. The third-order valence-electron chi connectivity index (χ3n) is 4.83. The molecule has 1 fully saturated rings. The summed E-state index contributed by atoms with van der Waals surface area (Å²) < 4.78 is 24.7. The van der Waals surface area contributed by atoms with E-state index in [1.807, 2.05) is 26.1 Å². The molecule has 2 unspecified atom stereocenters. The molecule has 0 radical (unpaired) electrons. The Morgan fingerprint density at radius 2 is 2.19 bits per heavy atom. The summed E-state index contributed by atoms with van der Waals surface area (Å²) >= 11 is 0. The number of nitrogens with zero attached hydrogens (tertiary/aromatic N) is 3. The summed E-state index contributed by atoms with van der Waals surface area (Å²) in [5.74, 6) is 1.87.